The topological polar surface area (TPSA) is 49.6 Å². The molecule has 0 saturated carbocycles. The molecule has 7 heteroatoms. The Morgan fingerprint density at radius 3 is 2.54 bits per heavy atom. The molecule has 28 heavy (non-hydrogen) atoms. The lowest BCUT2D eigenvalue weighted by molar-refractivity contribution is 0.0741. The van der Waals surface area contributed by atoms with Gasteiger partial charge in [0, 0.05) is 37.4 Å². The maximum absolute atomic E-state index is 12.8. The smallest absolute Gasteiger partial charge is 0.275 e. The first-order chi connectivity index (χ1) is 13.5. The molecule has 1 aliphatic heterocycles. The molecule has 3 aromatic rings. The molecule has 1 saturated heterocycles. The molecular weight excluding hydrogens is 397 g/mol. The fourth-order valence-electron chi connectivity index (χ4n) is 3.29. The zero-order valence-electron chi connectivity index (χ0n) is 15.4. The van der Waals surface area contributed by atoms with Crippen molar-refractivity contribution >= 4 is 34.8 Å². The zero-order valence-corrected chi connectivity index (χ0v) is 16.9. The molecule has 0 radical (unpaired) electrons. The van der Waals surface area contributed by atoms with Gasteiger partial charge in [-0.3, -0.25) is 4.79 Å². The summed E-state index contributed by atoms with van der Waals surface area (Å²) in [4.78, 5) is 21.2. The third-order valence-corrected chi connectivity index (χ3v) is 5.56. The van der Waals surface area contributed by atoms with Crippen molar-refractivity contribution in [2.45, 2.75) is 6.92 Å². The van der Waals surface area contributed by atoms with Crippen molar-refractivity contribution in [3.63, 3.8) is 0 Å². The molecule has 2 aromatic carbocycles. The summed E-state index contributed by atoms with van der Waals surface area (Å²) >= 11 is 12.0. The van der Waals surface area contributed by atoms with Crippen molar-refractivity contribution in [3.8, 4) is 11.5 Å². The van der Waals surface area contributed by atoms with Gasteiger partial charge in [-0.1, -0.05) is 35.3 Å². The Balaban J connectivity index is 1.43. The standard InChI is InChI=1S/C21H19Cl2N3O2/c1-14-3-2-4-16(11-14)25-7-9-26(10-8-25)21(27)19-13-28-20(24-19)15-5-6-17(22)18(23)12-15/h2-6,11-13H,7-10H2,1H3. The summed E-state index contributed by atoms with van der Waals surface area (Å²) in [6, 6.07) is 13.5. The van der Waals surface area contributed by atoms with E-state index < -0.39 is 0 Å². The van der Waals surface area contributed by atoms with Gasteiger partial charge in [-0.15, -0.1) is 0 Å². The maximum atomic E-state index is 12.8. The van der Waals surface area contributed by atoms with Crippen molar-refractivity contribution in [2.24, 2.45) is 0 Å². The molecule has 1 amide bonds. The van der Waals surface area contributed by atoms with Crippen LogP contribution in [0.3, 0.4) is 0 Å². The van der Waals surface area contributed by atoms with Crippen LogP contribution < -0.4 is 4.90 Å². The first-order valence-electron chi connectivity index (χ1n) is 9.03. The Labute approximate surface area is 173 Å². The summed E-state index contributed by atoms with van der Waals surface area (Å²) in [6.07, 6.45) is 1.40. The molecule has 4 rings (SSSR count). The third kappa shape index (κ3) is 3.86. The van der Waals surface area contributed by atoms with Crippen LogP contribution in [0.15, 0.2) is 53.1 Å². The lowest BCUT2D eigenvalue weighted by Crippen LogP contribution is -2.48. The number of anilines is 1. The predicted molar refractivity (Wildman–Crippen MR) is 111 cm³/mol. The minimum absolute atomic E-state index is 0.126. The van der Waals surface area contributed by atoms with Gasteiger partial charge in [-0.05, 0) is 42.8 Å². The summed E-state index contributed by atoms with van der Waals surface area (Å²) in [5, 5.41) is 0.872. The largest absolute Gasteiger partial charge is 0.444 e. The summed E-state index contributed by atoms with van der Waals surface area (Å²) in [5.74, 6) is 0.222. The van der Waals surface area contributed by atoms with Crippen molar-refractivity contribution in [3.05, 3.63) is 70.0 Å². The first-order valence-corrected chi connectivity index (χ1v) is 9.79. The summed E-state index contributed by atoms with van der Waals surface area (Å²) < 4.78 is 5.49. The summed E-state index contributed by atoms with van der Waals surface area (Å²) in [6.45, 7) is 4.93. The fraction of sp³-hybridized carbons (Fsp3) is 0.238. The number of piperazine rings is 1. The molecule has 0 bridgehead atoms. The van der Waals surface area contributed by atoms with Crippen LogP contribution in [0.5, 0.6) is 0 Å². The van der Waals surface area contributed by atoms with Gasteiger partial charge in [-0.2, -0.15) is 0 Å². The number of rotatable bonds is 3. The van der Waals surface area contributed by atoms with Gasteiger partial charge in [0.15, 0.2) is 5.69 Å². The molecule has 5 nitrogen and oxygen atoms in total. The number of carbonyl (C=O) groups is 1. The average molecular weight is 416 g/mol. The quantitative estimate of drug-likeness (QED) is 0.608. The molecule has 1 aliphatic rings. The van der Waals surface area contributed by atoms with Gasteiger partial charge in [0.2, 0.25) is 5.89 Å². The van der Waals surface area contributed by atoms with E-state index in [0.717, 1.165) is 13.1 Å². The Morgan fingerprint density at radius 2 is 1.82 bits per heavy atom. The van der Waals surface area contributed by atoms with E-state index in [2.05, 4.69) is 41.1 Å². The van der Waals surface area contributed by atoms with E-state index in [1.54, 1.807) is 18.2 Å². The van der Waals surface area contributed by atoms with E-state index in [4.69, 9.17) is 27.6 Å². The molecule has 0 unspecified atom stereocenters. The van der Waals surface area contributed by atoms with Crippen LogP contribution in [0.25, 0.3) is 11.5 Å². The number of amides is 1. The number of hydrogen-bond donors (Lipinski definition) is 0. The molecule has 0 spiro atoms. The second kappa shape index (κ2) is 7.86. The third-order valence-electron chi connectivity index (χ3n) is 4.82. The Kier molecular flexibility index (Phi) is 5.29. The van der Waals surface area contributed by atoms with Crippen LogP contribution in [0, 0.1) is 6.92 Å². The van der Waals surface area contributed by atoms with E-state index in [0.29, 0.717) is 40.3 Å². The Bertz CT molecular complexity index is 1010. The molecular formula is C21H19Cl2N3O2. The van der Waals surface area contributed by atoms with Gasteiger partial charge >= 0.3 is 0 Å². The minimum atomic E-state index is -0.126. The lowest BCUT2D eigenvalue weighted by Gasteiger charge is -2.35. The highest BCUT2D eigenvalue weighted by molar-refractivity contribution is 6.42. The number of hydrogen-bond acceptors (Lipinski definition) is 4. The van der Waals surface area contributed by atoms with Crippen molar-refractivity contribution < 1.29 is 9.21 Å². The SMILES string of the molecule is Cc1cccc(N2CCN(C(=O)c3coc(-c4ccc(Cl)c(Cl)c4)n3)CC2)c1. The second-order valence-electron chi connectivity index (χ2n) is 6.79. The molecule has 0 aliphatic carbocycles. The molecule has 1 aromatic heterocycles. The molecule has 144 valence electrons. The van der Waals surface area contributed by atoms with Crippen molar-refractivity contribution in [1.82, 2.24) is 9.88 Å². The Hall–Kier alpha value is -2.50. The number of halogens is 2. The van der Waals surface area contributed by atoms with Crippen LogP contribution in [-0.4, -0.2) is 42.0 Å². The average Bonchev–Trinajstić information content (AvgIpc) is 3.20. The highest BCUT2D eigenvalue weighted by Crippen LogP contribution is 2.28. The highest BCUT2D eigenvalue weighted by Gasteiger charge is 2.25. The van der Waals surface area contributed by atoms with Crippen molar-refractivity contribution in [1.29, 1.82) is 0 Å². The number of carbonyl (C=O) groups excluding carboxylic acids is 1. The van der Waals surface area contributed by atoms with Crippen molar-refractivity contribution in [2.75, 3.05) is 31.1 Å². The van der Waals surface area contributed by atoms with Crippen LogP contribution in [0.2, 0.25) is 10.0 Å². The predicted octanol–water partition coefficient (Wildman–Crippen LogP) is 4.92. The van der Waals surface area contributed by atoms with Crippen LogP contribution >= 0.6 is 23.2 Å². The van der Waals surface area contributed by atoms with Gasteiger partial charge < -0.3 is 14.2 Å². The normalized spacial score (nSPS) is 14.4. The molecule has 0 atom stereocenters. The van der Waals surface area contributed by atoms with Gasteiger partial charge in [0.1, 0.15) is 6.26 Å². The Morgan fingerprint density at radius 1 is 1.04 bits per heavy atom. The monoisotopic (exact) mass is 415 g/mol. The highest BCUT2D eigenvalue weighted by atomic mass is 35.5. The molecule has 0 N–H and O–H groups in total. The van der Waals surface area contributed by atoms with Crippen LogP contribution in [0.4, 0.5) is 5.69 Å². The summed E-state index contributed by atoms with van der Waals surface area (Å²) in [5.41, 5.74) is 3.40. The fourth-order valence-corrected chi connectivity index (χ4v) is 3.59. The minimum Gasteiger partial charge on any atom is -0.444 e. The number of nitrogens with zero attached hydrogens (tertiary/aromatic N) is 3. The van der Waals surface area contributed by atoms with Gasteiger partial charge in [-0.25, -0.2) is 4.98 Å². The lowest BCUT2D eigenvalue weighted by atomic mass is 10.2. The number of aromatic nitrogens is 1. The summed E-state index contributed by atoms with van der Waals surface area (Å²) in [7, 11) is 0. The zero-order chi connectivity index (χ0) is 19.7. The molecule has 2 heterocycles. The van der Waals surface area contributed by atoms with E-state index in [-0.39, 0.29) is 5.91 Å². The van der Waals surface area contributed by atoms with E-state index >= 15 is 0 Å². The number of oxazole rings is 1. The van der Waals surface area contributed by atoms with Crippen LogP contribution in [-0.2, 0) is 0 Å². The molecule has 1 fully saturated rings. The second-order valence-corrected chi connectivity index (χ2v) is 7.60. The van der Waals surface area contributed by atoms with Gasteiger partial charge in [0.05, 0.1) is 10.0 Å². The number of aryl methyl sites for hydroxylation is 1. The van der Waals surface area contributed by atoms with Crippen LogP contribution in [0.1, 0.15) is 16.1 Å². The van der Waals surface area contributed by atoms with Gasteiger partial charge in [0.25, 0.3) is 5.91 Å². The maximum Gasteiger partial charge on any atom is 0.275 e. The van der Waals surface area contributed by atoms with E-state index in [1.807, 2.05) is 4.90 Å². The first kappa shape index (κ1) is 18.8. The van der Waals surface area contributed by atoms with E-state index in [1.165, 1.54) is 17.5 Å². The van der Waals surface area contributed by atoms with E-state index in [9.17, 15) is 4.79 Å². The number of benzene rings is 2.